The second-order valence-electron chi connectivity index (χ2n) is 5.00. The second kappa shape index (κ2) is 6.79. The van der Waals surface area contributed by atoms with Crippen LogP contribution in [0.25, 0.3) is 22.0 Å². The molecule has 0 saturated heterocycles. The van der Waals surface area contributed by atoms with Crippen LogP contribution in [0.5, 0.6) is 0 Å². The number of rotatable bonds is 4. The highest BCUT2D eigenvalue weighted by Crippen LogP contribution is 2.41. The van der Waals surface area contributed by atoms with Crippen molar-refractivity contribution in [2.45, 2.75) is 0 Å². The highest BCUT2D eigenvalue weighted by Gasteiger charge is 2.19. The Morgan fingerprint density at radius 3 is 2.64 bits per heavy atom. The van der Waals surface area contributed by atoms with Gasteiger partial charge in [-0.25, -0.2) is 9.97 Å². The number of H-pyrrole nitrogens is 1. The number of halogens is 2. The van der Waals surface area contributed by atoms with Gasteiger partial charge in [0.1, 0.15) is 11.2 Å². The molecule has 25 heavy (non-hydrogen) atoms. The van der Waals surface area contributed by atoms with Crippen LogP contribution in [0.2, 0.25) is 10.0 Å². The van der Waals surface area contributed by atoms with Crippen molar-refractivity contribution in [1.82, 2.24) is 25.1 Å². The normalized spacial score (nSPS) is 10.8. The van der Waals surface area contributed by atoms with E-state index < -0.39 is 0 Å². The first kappa shape index (κ1) is 16.0. The molecule has 9 heteroatoms. The molecule has 0 atom stereocenters. The van der Waals surface area contributed by atoms with Gasteiger partial charge in [-0.2, -0.15) is 5.10 Å². The summed E-state index contributed by atoms with van der Waals surface area (Å²) in [5, 5.41) is 11.9. The molecule has 0 bridgehead atoms. The van der Waals surface area contributed by atoms with Gasteiger partial charge in [-0.1, -0.05) is 34.5 Å². The van der Waals surface area contributed by atoms with Gasteiger partial charge in [0.25, 0.3) is 0 Å². The molecule has 0 aliphatic heterocycles. The minimum atomic E-state index is 0.519. The minimum absolute atomic E-state index is 0.519. The van der Waals surface area contributed by atoms with E-state index in [1.165, 1.54) is 17.7 Å². The van der Waals surface area contributed by atoms with Gasteiger partial charge in [-0.05, 0) is 30.3 Å². The number of hydrogen-bond donors (Lipinski definition) is 2. The number of nitrogens with one attached hydrogen (secondary N) is 2. The number of thiazole rings is 1. The van der Waals surface area contributed by atoms with Crippen LogP contribution in [0, 0.1) is 0 Å². The monoisotopic (exact) mass is 388 g/mol. The van der Waals surface area contributed by atoms with E-state index in [0.29, 0.717) is 26.7 Å². The number of aromatic nitrogens is 5. The molecule has 4 rings (SSSR count). The fraction of sp³-hybridized carbons (Fsp3) is 0. The molecule has 124 valence electrons. The summed E-state index contributed by atoms with van der Waals surface area (Å²) in [5.74, 6) is 0.557. The molecule has 0 radical (unpaired) electrons. The number of anilines is 2. The summed E-state index contributed by atoms with van der Waals surface area (Å²) >= 11 is 13.8. The second-order valence-corrected chi connectivity index (χ2v) is 6.85. The van der Waals surface area contributed by atoms with Crippen molar-refractivity contribution in [3.63, 3.8) is 0 Å². The first-order valence-corrected chi connectivity index (χ1v) is 8.77. The third-order valence-corrected chi connectivity index (χ3v) is 4.88. The first-order valence-electron chi connectivity index (χ1n) is 7.20. The summed E-state index contributed by atoms with van der Waals surface area (Å²) in [6.45, 7) is 0. The van der Waals surface area contributed by atoms with Crippen LogP contribution in [-0.4, -0.2) is 25.1 Å². The summed E-state index contributed by atoms with van der Waals surface area (Å²) in [5.41, 5.74) is 2.35. The van der Waals surface area contributed by atoms with E-state index in [0.717, 1.165) is 16.1 Å². The fourth-order valence-corrected chi connectivity index (χ4v) is 3.71. The number of pyridine rings is 1. The lowest BCUT2D eigenvalue weighted by Gasteiger charge is -2.03. The molecule has 0 aliphatic rings. The SMILES string of the molecule is Clc1ccc(-c2nc(Nc3ccncc3)sc2-c2nc[nH]n2)c(Cl)c1. The van der Waals surface area contributed by atoms with Crippen LogP contribution in [0.3, 0.4) is 0 Å². The van der Waals surface area contributed by atoms with E-state index in [1.54, 1.807) is 24.5 Å². The molecule has 0 saturated carbocycles. The summed E-state index contributed by atoms with van der Waals surface area (Å²) in [6.07, 6.45) is 4.95. The maximum atomic E-state index is 6.37. The summed E-state index contributed by atoms with van der Waals surface area (Å²) in [4.78, 5) is 13.7. The topological polar surface area (TPSA) is 79.4 Å². The average Bonchev–Trinajstić information content (AvgIpc) is 3.25. The van der Waals surface area contributed by atoms with Crippen LogP contribution < -0.4 is 5.32 Å². The van der Waals surface area contributed by atoms with Gasteiger partial charge in [-0.15, -0.1) is 0 Å². The van der Waals surface area contributed by atoms with Gasteiger partial charge >= 0.3 is 0 Å². The Morgan fingerprint density at radius 1 is 1.08 bits per heavy atom. The summed E-state index contributed by atoms with van der Waals surface area (Å²) in [7, 11) is 0. The molecule has 3 aromatic heterocycles. The van der Waals surface area contributed by atoms with E-state index in [4.69, 9.17) is 23.2 Å². The maximum Gasteiger partial charge on any atom is 0.193 e. The van der Waals surface area contributed by atoms with E-state index in [2.05, 4.69) is 30.5 Å². The van der Waals surface area contributed by atoms with Gasteiger partial charge in [-0.3, -0.25) is 10.1 Å². The highest BCUT2D eigenvalue weighted by molar-refractivity contribution is 7.19. The smallest absolute Gasteiger partial charge is 0.193 e. The quantitative estimate of drug-likeness (QED) is 0.511. The number of benzene rings is 1. The summed E-state index contributed by atoms with van der Waals surface area (Å²) < 4.78 is 0. The van der Waals surface area contributed by atoms with Gasteiger partial charge in [0.2, 0.25) is 0 Å². The lowest BCUT2D eigenvalue weighted by molar-refractivity contribution is 1.10. The first-order chi connectivity index (χ1) is 12.2. The molecule has 0 aliphatic carbocycles. The van der Waals surface area contributed by atoms with Crippen LogP contribution >= 0.6 is 34.5 Å². The minimum Gasteiger partial charge on any atom is -0.331 e. The number of aromatic amines is 1. The predicted molar refractivity (Wildman–Crippen MR) is 100 cm³/mol. The third-order valence-electron chi connectivity index (χ3n) is 3.36. The van der Waals surface area contributed by atoms with E-state index >= 15 is 0 Å². The molecule has 3 heterocycles. The molecule has 4 aromatic rings. The third kappa shape index (κ3) is 3.34. The van der Waals surface area contributed by atoms with Gasteiger partial charge in [0.15, 0.2) is 11.0 Å². The van der Waals surface area contributed by atoms with Crippen LogP contribution in [0.1, 0.15) is 0 Å². The zero-order valence-corrected chi connectivity index (χ0v) is 14.9. The van der Waals surface area contributed by atoms with Crippen molar-refractivity contribution < 1.29 is 0 Å². The average molecular weight is 389 g/mol. The van der Waals surface area contributed by atoms with Crippen molar-refractivity contribution in [1.29, 1.82) is 0 Å². The van der Waals surface area contributed by atoms with Gasteiger partial charge < -0.3 is 5.32 Å². The van der Waals surface area contributed by atoms with E-state index in [9.17, 15) is 0 Å². The van der Waals surface area contributed by atoms with Crippen LogP contribution in [-0.2, 0) is 0 Å². The zero-order valence-electron chi connectivity index (χ0n) is 12.6. The van der Waals surface area contributed by atoms with Gasteiger partial charge in [0, 0.05) is 28.7 Å². The predicted octanol–water partition coefficient (Wildman–Crippen LogP) is 5.04. The van der Waals surface area contributed by atoms with Crippen LogP contribution in [0.15, 0.2) is 49.1 Å². The molecular weight excluding hydrogens is 379 g/mol. The molecule has 6 nitrogen and oxygen atoms in total. The van der Waals surface area contributed by atoms with Gasteiger partial charge in [0.05, 0.1) is 10.7 Å². The molecule has 0 fully saturated rings. The standard InChI is InChI=1S/C16H10Cl2N6S/c17-9-1-2-11(12(18)7-9)13-14(15-20-8-21-24-15)25-16(23-13)22-10-3-5-19-6-4-10/h1-8H,(H,19,22,23)(H,20,21,24). The van der Waals surface area contributed by atoms with E-state index in [1.807, 2.05) is 18.2 Å². The Kier molecular flexibility index (Phi) is 4.35. The maximum absolute atomic E-state index is 6.37. The number of nitrogens with zero attached hydrogens (tertiary/aromatic N) is 4. The van der Waals surface area contributed by atoms with Crippen molar-refractivity contribution in [2.24, 2.45) is 0 Å². The van der Waals surface area contributed by atoms with Crippen molar-refractivity contribution >= 4 is 45.4 Å². The van der Waals surface area contributed by atoms with Crippen molar-refractivity contribution in [3.05, 3.63) is 59.1 Å². The van der Waals surface area contributed by atoms with E-state index in [-0.39, 0.29) is 0 Å². The Hall–Kier alpha value is -2.48. The zero-order chi connectivity index (χ0) is 17.2. The Balaban J connectivity index is 1.81. The molecule has 2 N–H and O–H groups in total. The highest BCUT2D eigenvalue weighted by atomic mass is 35.5. The molecule has 0 spiro atoms. The fourth-order valence-electron chi connectivity index (χ4n) is 2.27. The largest absolute Gasteiger partial charge is 0.331 e. The van der Waals surface area contributed by atoms with Crippen molar-refractivity contribution in [3.8, 4) is 22.0 Å². The van der Waals surface area contributed by atoms with Crippen LogP contribution in [0.4, 0.5) is 10.8 Å². The lowest BCUT2D eigenvalue weighted by atomic mass is 10.1. The summed E-state index contributed by atoms with van der Waals surface area (Å²) in [6, 6.07) is 9.03. The molecular formula is C16H10Cl2N6S. The Bertz CT molecular complexity index is 1000. The molecule has 1 aromatic carbocycles. The molecule has 0 unspecified atom stereocenters. The lowest BCUT2D eigenvalue weighted by Crippen LogP contribution is -1.90. The molecule has 0 amide bonds. The number of hydrogen-bond acceptors (Lipinski definition) is 6. The Labute approximate surface area is 156 Å². The van der Waals surface area contributed by atoms with Crippen molar-refractivity contribution in [2.75, 3.05) is 5.32 Å². The Morgan fingerprint density at radius 2 is 1.92 bits per heavy atom.